The van der Waals surface area contributed by atoms with E-state index in [1.54, 1.807) is 0 Å². The highest BCUT2D eigenvalue weighted by atomic mass is 35.5. The summed E-state index contributed by atoms with van der Waals surface area (Å²) in [7, 11) is 0. The normalized spacial score (nSPS) is 18.8. The molecule has 0 aromatic heterocycles. The first-order valence-electron chi connectivity index (χ1n) is 8.59. The summed E-state index contributed by atoms with van der Waals surface area (Å²) in [5, 5.41) is 2.89. The first-order valence-corrected chi connectivity index (χ1v) is 8.59. The van der Waals surface area contributed by atoms with Gasteiger partial charge in [-0.25, -0.2) is 0 Å². The monoisotopic (exact) mass is 376 g/mol. The van der Waals surface area contributed by atoms with Crippen LogP contribution in [0.25, 0.3) is 0 Å². The molecule has 1 amide bonds. The lowest BCUT2D eigenvalue weighted by Gasteiger charge is -2.14. The van der Waals surface area contributed by atoms with Crippen LogP contribution in [0.15, 0.2) is 48.5 Å². The van der Waals surface area contributed by atoms with Crippen molar-refractivity contribution in [2.24, 2.45) is 5.73 Å². The summed E-state index contributed by atoms with van der Waals surface area (Å²) in [6.07, 6.45) is 1.09. The maximum absolute atomic E-state index is 12.3. The minimum Gasteiger partial charge on any atom is -0.489 e. The van der Waals surface area contributed by atoms with Crippen molar-refractivity contribution in [2.75, 3.05) is 11.9 Å². The lowest BCUT2D eigenvalue weighted by molar-refractivity contribution is -0.126. The van der Waals surface area contributed by atoms with Gasteiger partial charge in [0.05, 0.1) is 6.10 Å². The Morgan fingerprint density at radius 1 is 1.23 bits per heavy atom. The number of carbonyl (C=O) groups excluding carboxylic acids is 1. The van der Waals surface area contributed by atoms with E-state index in [0.29, 0.717) is 31.0 Å². The van der Waals surface area contributed by atoms with Crippen molar-refractivity contribution >= 4 is 24.0 Å². The van der Waals surface area contributed by atoms with Crippen molar-refractivity contribution in [3.05, 3.63) is 59.7 Å². The van der Waals surface area contributed by atoms with Gasteiger partial charge in [-0.3, -0.25) is 4.79 Å². The first kappa shape index (κ1) is 20.2. The molecule has 5 nitrogen and oxygen atoms in total. The number of amides is 1. The highest BCUT2D eigenvalue weighted by Crippen LogP contribution is 2.23. The van der Waals surface area contributed by atoms with Crippen LogP contribution in [-0.2, 0) is 16.1 Å². The Morgan fingerprint density at radius 3 is 2.77 bits per heavy atom. The third-order valence-corrected chi connectivity index (χ3v) is 4.42. The second-order valence-corrected chi connectivity index (χ2v) is 6.29. The Morgan fingerprint density at radius 2 is 2.04 bits per heavy atom. The van der Waals surface area contributed by atoms with Gasteiger partial charge in [0.25, 0.3) is 5.91 Å². The van der Waals surface area contributed by atoms with Gasteiger partial charge < -0.3 is 20.5 Å². The summed E-state index contributed by atoms with van der Waals surface area (Å²) in [6, 6.07) is 15.5. The molecule has 1 fully saturated rings. The van der Waals surface area contributed by atoms with Crippen LogP contribution < -0.4 is 15.8 Å². The fraction of sp³-hybridized carbons (Fsp3) is 0.350. The third kappa shape index (κ3) is 5.21. The largest absolute Gasteiger partial charge is 0.489 e. The molecule has 0 spiro atoms. The number of hydrogen-bond donors (Lipinski definition) is 2. The fourth-order valence-corrected chi connectivity index (χ4v) is 2.89. The van der Waals surface area contributed by atoms with Crippen molar-refractivity contribution in [1.29, 1.82) is 0 Å². The zero-order valence-electron chi connectivity index (χ0n) is 14.8. The molecule has 0 unspecified atom stereocenters. The lowest BCUT2D eigenvalue weighted by atomic mass is 10.1. The van der Waals surface area contributed by atoms with Crippen LogP contribution in [0.5, 0.6) is 5.75 Å². The average molecular weight is 377 g/mol. The Kier molecular flexibility index (Phi) is 7.45. The quantitative estimate of drug-likeness (QED) is 0.809. The molecule has 140 valence electrons. The van der Waals surface area contributed by atoms with E-state index >= 15 is 0 Å². The molecular weight excluding hydrogens is 352 g/mol. The topological polar surface area (TPSA) is 73.6 Å². The molecule has 1 saturated heterocycles. The zero-order valence-corrected chi connectivity index (χ0v) is 15.6. The second-order valence-electron chi connectivity index (χ2n) is 6.29. The smallest absolute Gasteiger partial charge is 0.253 e. The number of hydrogen-bond acceptors (Lipinski definition) is 4. The molecule has 6 heteroatoms. The Bertz CT molecular complexity index is 739. The fourth-order valence-electron chi connectivity index (χ4n) is 2.89. The Balaban J connectivity index is 0.00000243. The number of ether oxygens (including phenoxy) is 2. The van der Waals surface area contributed by atoms with E-state index in [9.17, 15) is 4.79 Å². The molecule has 3 rings (SSSR count). The maximum atomic E-state index is 12.3. The number of nitrogens with two attached hydrogens (primary N) is 1. The van der Waals surface area contributed by atoms with Crippen LogP contribution >= 0.6 is 12.4 Å². The number of nitrogens with one attached hydrogen (secondary N) is 1. The van der Waals surface area contributed by atoms with Gasteiger partial charge in [-0.15, -0.1) is 12.4 Å². The molecule has 0 saturated carbocycles. The van der Waals surface area contributed by atoms with Gasteiger partial charge in [0, 0.05) is 18.3 Å². The number of anilines is 1. The lowest BCUT2D eigenvalue weighted by Crippen LogP contribution is -2.29. The zero-order chi connectivity index (χ0) is 17.6. The molecule has 1 heterocycles. The highest BCUT2D eigenvalue weighted by molar-refractivity contribution is 5.94. The number of carbonyl (C=O) groups is 1. The average Bonchev–Trinajstić information content (AvgIpc) is 3.11. The van der Waals surface area contributed by atoms with E-state index in [0.717, 1.165) is 12.0 Å². The molecule has 2 aromatic rings. The summed E-state index contributed by atoms with van der Waals surface area (Å²) in [6.45, 7) is 3.01. The van der Waals surface area contributed by atoms with Gasteiger partial charge in [-0.2, -0.15) is 0 Å². The Labute approximate surface area is 160 Å². The molecule has 0 aliphatic carbocycles. The standard InChI is InChI=1S/C20H24N2O3.ClH/c1-14-5-2-3-6-15(14)13-24-17-8-4-7-16(11-17)22-20(23)19-10-9-18(12-21)25-19;/h2-8,11,18-19H,9-10,12-13,21H2,1H3,(H,22,23);1H/t18-,19+;/m1./s1. The van der Waals surface area contributed by atoms with Gasteiger partial charge in [-0.1, -0.05) is 30.3 Å². The van der Waals surface area contributed by atoms with Crippen molar-refractivity contribution in [2.45, 2.75) is 38.6 Å². The molecule has 3 N–H and O–H groups in total. The van der Waals surface area contributed by atoms with Gasteiger partial charge in [0.2, 0.25) is 0 Å². The number of rotatable bonds is 6. The van der Waals surface area contributed by atoms with Crippen molar-refractivity contribution in [3.63, 3.8) is 0 Å². The van der Waals surface area contributed by atoms with Crippen LogP contribution in [0.2, 0.25) is 0 Å². The highest BCUT2D eigenvalue weighted by Gasteiger charge is 2.29. The summed E-state index contributed by atoms with van der Waals surface area (Å²) in [4.78, 5) is 12.3. The van der Waals surface area contributed by atoms with Crippen molar-refractivity contribution in [1.82, 2.24) is 0 Å². The van der Waals surface area contributed by atoms with Crippen molar-refractivity contribution < 1.29 is 14.3 Å². The van der Waals surface area contributed by atoms with E-state index < -0.39 is 6.10 Å². The van der Waals surface area contributed by atoms with Crippen LogP contribution in [0.3, 0.4) is 0 Å². The molecular formula is C20H25ClN2O3. The van der Waals surface area contributed by atoms with E-state index in [4.69, 9.17) is 15.2 Å². The summed E-state index contributed by atoms with van der Waals surface area (Å²) >= 11 is 0. The molecule has 0 radical (unpaired) electrons. The van der Waals surface area contributed by atoms with Gasteiger partial charge in [0.15, 0.2) is 0 Å². The van der Waals surface area contributed by atoms with Gasteiger partial charge in [0.1, 0.15) is 18.5 Å². The predicted octanol–water partition coefficient (Wildman–Crippen LogP) is 3.44. The summed E-state index contributed by atoms with van der Waals surface area (Å²) in [5.74, 6) is 0.584. The number of aryl methyl sites for hydroxylation is 1. The summed E-state index contributed by atoms with van der Waals surface area (Å²) in [5.41, 5.74) is 8.63. The maximum Gasteiger partial charge on any atom is 0.253 e. The van der Waals surface area contributed by atoms with Crippen LogP contribution in [0, 0.1) is 6.92 Å². The second kappa shape index (κ2) is 9.57. The van der Waals surface area contributed by atoms with E-state index in [2.05, 4.69) is 18.3 Å². The third-order valence-electron chi connectivity index (χ3n) is 4.42. The molecule has 0 bridgehead atoms. The molecule has 1 aliphatic heterocycles. The molecule has 26 heavy (non-hydrogen) atoms. The summed E-state index contributed by atoms with van der Waals surface area (Å²) < 4.78 is 11.5. The molecule has 2 atom stereocenters. The minimum absolute atomic E-state index is 0. The van der Waals surface area contributed by atoms with Crippen molar-refractivity contribution in [3.8, 4) is 5.75 Å². The predicted molar refractivity (Wildman–Crippen MR) is 105 cm³/mol. The van der Waals surface area contributed by atoms with E-state index in [1.165, 1.54) is 5.56 Å². The SMILES string of the molecule is Cc1ccccc1COc1cccc(NC(=O)[C@@H]2CC[C@H](CN)O2)c1.Cl. The first-order chi connectivity index (χ1) is 12.2. The van der Waals surface area contributed by atoms with Crippen LogP contribution in [-0.4, -0.2) is 24.7 Å². The molecule has 2 aromatic carbocycles. The van der Waals surface area contributed by atoms with Gasteiger partial charge in [-0.05, 0) is 43.0 Å². The number of benzene rings is 2. The van der Waals surface area contributed by atoms with E-state index in [-0.39, 0.29) is 24.4 Å². The van der Waals surface area contributed by atoms with Gasteiger partial charge >= 0.3 is 0 Å². The Hall–Kier alpha value is -2.08. The number of halogens is 1. The molecule has 1 aliphatic rings. The van der Waals surface area contributed by atoms with Crippen LogP contribution in [0.4, 0.5) is 5.69 Å². The minimum atomic E-state index is -0.426. The van der Waals surface area contributed by atoms with Crippen LogP contribution in [0.1, 0.15) is 24.0 Å². The van der Waals surface area contributed by atoms with E-state index in [1.807, 2.05) is 42.5 Å².